The highest BCUT2D eigenvalue weighted by Gasteiger charge is 2.43. The number of hydrogen-bond acceptors (Lipinski definition) is 4. The molecule has 0 spiro atoms. The molecule has 146 valence electrons. The Balaban J connectivity index is 1.43. The quantitative estimate of drug-likeness (QED) is 0.791. The van der Waals surface area contributed by atoms with Crippen LogP contribution >= 0.6 is 0 Å². The van der Waals surface area contributed by atoms with Crippen molar-refractivity contribution in [1.82, 2.24) is 19.7 Å². The van der Waals surface area contributed by atoms with E-state index in [1.807, 2.05) is 24.3 Å². The van der Waals surface area contributed by atoms with E-state index in [2.05, 4.69) is 22.2 Å². The number of rotatable bonds is 6. The minimum absolute atomic E-state index is 0.107. The molecule has 2 saturated carbocycles. The van der Waals surface area contributed by atoms with Crippen molar-refractivity contribution in [3.8, 4) is 0 Å². The second-order valence-electron chi connectivity index (χ2n) is 8.25. The Morgan fingerprint density at radius 3 is 2.74 bits per heavy atom. The Morgan fingerprint density at radius 2 is 2.04 bits per heavy atom. The van der Waals surface area contributed by atoms with Gasteiger partial charge in [-0.2, -0.15) is 0 Å². The van der Waals surface area contributed by atoms with Crippen LogP contribution in [0.3, 0.4) is 0 Å². The lowest BCUT2D eigenvalue weighted by Crippen LogP contribution is -2.44. The molecule has 2 aromatic heterocycles. The zero-order valence-electron chi connectivity index (χ0n) is 16.6. The van der Waals surface area contributed by atoms with E-state index >= 15 is 0 Å². The van der Waals surface area contributed by atoms with Crippen molar-refractivity contribution in [2.45, 2.75) is 71.4 Å². The summed E-state index contributed by atoms with van der Waals surface area (Å²) in [5, 5.41) is 3.23. The van der Waals surface area contributed by atoms with Crippen molar-refractivity contribution in [3.05, 3.63) is 29.5 Å². The third kappa shape index (κ3) is 3.59. The van der Waals surface area contributed by atoms with E-state index in [-0.39, 0.29) is 11.9 Å². The minimum atomic E-state index is -0.107. The lowest BCUT2D eigenvalue weighted by atomic mass is 9.82. The molecule has 2 aliphatic rings. The molecule has 1 N–H and O–H groups in total. The molecule has 2 fully saturated rings. The minimum Gasteiger partial charge on any atom is -0.378 e. The fourth-order valence-electron chi connectivity index (χ4n) is 4.92. The number of amides is 1. The number of aryl methyl sites for hydroxylation is 2. The average molecular weight is 370 g/mol. The van der Waals surface area contributed by atoms with E-state index in [1.54, 1.807) is 6.33 Å². The first-order valence-corrected chi connectivity index (χ1v) is 10.3. The predicted molar refractivity (Wildman–Crippen MR) is 104 cm³/mol. The lowest BCUT2D eigenvalue weighted by Gasteiger charge is -2.35. The Kier molecular flexibility index (Phi) is 5.17. The number of nitrogens with one attached hydrogen (secondary N) is 1. The molecule has 27 heavy (non-hydrogen) atoms. The molecule has 0 radical (unpaired) electrons. The molecule has 1 unspecified atom stereocenters. The maximum absolute atomic E-state index is 12.9. The van der Waals surface area contributed by atoms with Crippen molar-refractivity contribution < 1.29 is 9.53 Å². The number of aromatic nitrogens is 3. The van der Waals surface area contributed by atoms with Crippen molar-refractivity contribution in [2.24, 2.45) is 11.8 Å². The summed E-state index contributed by atoms with van der Waals surface area (Å²) in [6, 6.07) is 2.21. The van der Waals surface area contributed by atoms with Crippen LogP contribution < -0.4 is 5.32 Å². The van der Waals surface area contributed by atoms with Crippen LogP contribution in [0.5, 0.6) is 0 Å². The van der Waals surface area contributed by atoms with Crippen LogP contribution in [-0.4, -0.2) is 39.0 Å². The van der Waals surface area contributed by atoms with Gasteiger partial charge in [-0.1, -0.05) is 13.3 Å². The number of carbonyl (C=O) groups excluding carboxylic acids is 1. The van der Waals surface area contributed by atoms with Gasteiger partial charge in [0.25, 0.3) is 5.91 Å². The third-order valence-electron chi connectivity index (χ3n) is 6.19. The van der Waals surface area contributed by atoms with Gasteiger partial charge in [-0.3, -0.25) is 9.20 Å². The largest absolute Gasteiger partial charge is 0.378 e. The molecule has 0 aromatic carbocycles. The molecule has 1 amide bonds. The first kappa shape index (κ1) is 18.4. The molecule has 4 atom stereocenters. The predicted octanol–water partition coefficient (Wildman–Crippen LogP) is 3.45. The van der Waals surface area contributed by atoms with Crippen LogP contribution in [0, 0.1) is 25.7 Å². The van der Waals surface area contributed by atoms with Gasteiger partial charge in [0.05, 0.1) is 6.10 Å². The molecule has 0 saturated heterocycles. The first-order chi connectivity index (χ1) is 13.1. The SMILES string of the molecule is CCCCO[C@H]1C2CC[C@H]1C[C@@H](NC(=O)c1ncn3c(C)cc(C)nc13)C2. The van der Waals surface area contributed by atoms with Crippen molar-refractivity contribution in [1.29, 1.82) is 0 Å². The summed E-state index contributed by atoms with van der Waals surface area (Å²) < 4.78 is 8.06. The van der Waals surface area contributed by atoms with E-state index in [4.69, 9.17) is 4.74 Å². The van der Waals surface area contributed by atoms with Gasteiger partial charge in [-0.15, -0.1) is 0 Å². The maximum atomic E-state index is 12.9. The molecule has 2 heterocycles. The summed E-state index contributed by atoms with van der Waals surface area (Å²) in [6.07, 6.45) is 8.86. The van der Waals surface area contributed by atoms with E-state index in [1.165, 1.54) is 19.3 Å². The number of ether oxygens (including phenoxy) is 1. The Bertz CT molecular complexity index is 817. The van der Waals surface area contributed by atoms with Gasteiger partial charge in [0.2, 0.25) is 0 Å². The second kappa shape index (κ2) is 7.58. The summed E-state index contributed by atoms with van der Waals surface area (Å²) in [5.74, 6) is 1.05. The van der Waals surface area contributed by atoms with Crippen molar-refractivity contribution in [2.75, 3.05) is 6.61 Å². The van der Waals surface area contributed by atoms with Gasteiger partial charge in [0.15, 0.2) is 11.3 Å². The molecule has 2 aromatic rings. The number of hydrogen-bond donors (Lipinski definition) is 1. The molecular weight excluding hydrogens is 340 g/mol. The molecular formula is C21H30N4O2. The Labute approximate surface area is 160 Å². The topological polar surface area (TPSA) is 68.5 Å². The van der Waals surface area contributed by atoms with Gasteiger partial charge in [-0.25, -0.2) is 9.97 Å². The molecule has 2 aliphatic carbocycles. The highest BCUT2D eigenvalue weighted by atomic mass is 16.5. The lowest BCUT2D eigenvalue weighted by molar-refractivity contribution is -0.0263. The van der Waals surface area contributed by atoms with E-state index in [0.29, 0.717) is 29.3 Å². The fraction of sp³-hybridized carbons (Fsp3) is 0.667. The normalized spacial score (nSPS) is 27.2. The zero-order chi connectivity index (χ0) is 19.0. The Hall–Kier alpha value is -1.95. The monoisotopic (exact) mass is 370 g/mol. The number of unbranched alkanes of at least 4 members (excludes halogenated alkanes) is 1. The summed E-state index contributed by atoms with van der Waals surface area (Å²) in [7, 11) is 0. The smallest absolute Gasteiger partial charge is 0.274 e. The summed E-state index contributed by atoms with van der Waals surface area (Å²) >= 11 is 0. The standard InChI is InChI=1S/C21H30N4O2/c1-4-5-8-27-19-15-6-7-16(19)11-17(10-15)24-21(26)18-20-23-13(2)9-14(3)25(20)12-22-18/h9,12,15-17,19H,4-8,10-11H2,1-3H3,(H,24,26)/t15-,16?,17+,19+/m0/s1. The first-order valence-electron chi connectivity index (χ1n) is 10.3. The van der Waals surface area contributed by atoms with Gasteiger partial charge < -0.3 is 10.1 Å². The zero-order valence-corrected chi connectivity index (χ0v) is 16.6. The number of nitrogens with zero attached hydrogens (tertiary/aromatic N) is 3. The molecule has 2 bridgehead atoms. The maximum Gasteiger partial charge on any atom is 0.274 e. The molecule has 6 heteroatoms. The van der Waals surface area contributed by atoms with Crippen LogP contribution in [0.2, 0.25) is 0 Å². The molecule has 4 rings (SSSR count). The number of imidazole rings is 1. The van der Waals surface area contributed by atoms with Crippen LogP contribution in [0.15, 0.2) is 12.4 Å². The second-order valence-corrected chi connectivity index (χ2v) is 8.25. The van der Waals surface area contributed by atoms with Gasteiger partial charge in [-0.05, 0) is 63.9 Å². The summed E-state index contributed by atoms with van der Waals surface area (Å²) in [5.41, 5.74) is 3.00. The highest BCUT2D eigenvalue weighted by Crippen LogP contribution is 2.44. The van der Waals surface area contributed by atoms with Gasteiger partial charge in [0, 0.05) is 24.0 Å². The number of carbonyl (C=O) groups is 1. The van der Waals surface area contributed by atoms with Crippen LogP contribution in [0.25, 0.3) is 5.65 Å². The average Bonchev–Trinajstić information content (AvgIpc) is 3.14. The van der Waals surface area contributed by atoms with Crippen molar-refractivity contribution >= 4 is 11.6 Å². The van der Waals surface area contributed by atoms with Crippen LogP contribution in [-0.2, 0) is 4.74 Å². The third-order valence-corrected chi connectivity index (χ3v) is 6.19. The molecule has 0 aliphatic heterocycles. The number of fused-ring (bicyclic) bond motifs is 3. The Morgan fingerprint density at radius 1 is 1.30 bits per heavy atom. The van der Waals surface area contributed by atoms with Crippen molar-refractivity contribution in [3.63, 3.8) is 0 Å². The summed E-state index contributed by atoms with van der Waals surface area (Å²) in [6.45, 7) is 7.01. The molecule has 6 nitrogen and oxygen atoms in total. The highest BCUT2D eigenvalue weighted by molar-refractivity contribution is 5.98. The van der Waals surface area contributed by atoms with Crippen LogP contribution in [0.1, 0.15) is 67.3 Å². The van der Waals surface area contributed by atoms with Gasteiger partial charge >= 0.3 is 0 Å². The van der Waals surface area contributed by atoms with Crippen LogP contribution in [0.4, 0.5) is 0 Å². The van der Waals surface area contributed by atoms with E-state index in [0.717, 1.165) is 37.3 Å². The van der Waals surface area contributed by atoms with Gasteiger partial charge in [0.1, 0.15) is 6.33 Å². The fourth-order valence-corrected chi connectivity index (χ4v) is 4.92. The summed E-state index contributed by atoms with van der Waals surface area (Å²) in [4.78, 5) is 21.7. The van der Waals surface area contributed by atoms with E-state index < -0.39 is 0 Å². The van der Waals surface area contributed by atoms with E-state index in [9.17, 15) is 4.79 Å².